The molecule has 1 aliphatic carbocycles. The molecule has 2 N–H and O–H groups in total. The Hall–Kier alpha value is -1.06. The Morgan fingerprint density at radius 3 is 2.62 bits per heavy atom. The van der Waals surface area contributed by atoms with E-state index in [4.69, 9.17) is 23.7 Å². The largest absolute Gasteiger partial charge is 0.396 e. The summed E-state index contributed by atoms with van der Waals surface area (Å²) in [6.07, 6.45) is -1.94. The maximum atomic E-state index is 10.7. The highest BCUT2D eigenvalue weighted by atomic mass is 16.8. The predicted octanol–water partition coefficient (Wildman–Crippen LogP) is 0.990. The van der Waals surface area contributed by atoms with Gasteiger partial charge in [-0.25, -0.2) is 0 Å². The third-order valence-corrected chi connectivity index (χ3v) is 5.49. The van der Waals surface area contributed by atoms with E-state index in [0.717, 1.165) is 18.4 Å². The minimum atomic E-state index is -0.981. The van der Waals surface area contributed by atoms with Crippen molar-refractivity contribution < 1.29 is 33.9 Å². The molecule has 7 nitrogen and oxygen atoms in total. The lowest BCUT2D eigenvalue weighted by atomic mass is 9.97. The highest BCUT2D eigenvalue weighted by Crippen LogP contribution is 2.46. The van der Waals surface area contributed by atoms with Crippen molar-refractivity contribution in [3.8, 4) is 0 Å². The van der Waals surface area contributed by atoms with Gasteiger partial charge in [0.15, 0.2) is 12.6 Å². The van der Waals surface area contributed by atoms with Gasteiger partial charge in [-0.1, -0.05) is 30.3 Å². The average Bonchev–Trinajstić information content (AvgIpc) is 3.47. The molecule has 1 saturated carbocycles. The first-order chi connectivity index (χ1) is 12.7. The van der Waals surface area contributed by atoms with Crippen molar-refractivity contribution in [1.82, 2.24) is 0 Å². The van der Waals surface area contributed by atoms with Crippen LogP contribution >= 0.6 is 0 Å². The lowest BCUT2D eigenvalue weighted by Gasteiger charge is -2.47. The van der Waals surface area contributed by atoms with E-state index in [-0.39, 0.29) is 12.0 Å². The summed E-state index contributed by atoms with van der Waals surface area (Å²) in [5.74, 6) is 0. The van der Waals surface area contributed by atoms with Crippen molar-refractivity contribution in [2.75, 3.05) is 26.9 Å². The van der Waals surface area contributed by atoms with Gasteiger partial charge in [0, 0.05) is 18.1 Å². The zero-order valence-corrected chi connectivity index (χ0v) is 14.8. The summed E-state index contributed by atoms with van der Waals surface area (Å²) in [6, 6.07) is 9.65. The Morgan fingerprint density at radius 1 is 1.19 bits per heavy atom. The van der Waals surface area contributed by atoms with Crippen LogP contribution in [0, 0.1) is 5.41 Å². The maximum Gasteiger partial charge on any atom is 0.186 e. The van der Waals surface area contributed by atoms with E-state index in [1.165, 1.54) is 7.11 Å². The van der Waals surface area contributed by atoms with Gasteiger partial charge in [-0.3, -0.25) is 0 Å². The van der Waals surface area contributed by atoms with Gasteiger partial charge in [-0.2, -0.15) is 0 Å². The smallest absolute Gasteiger partial charge is 0.186 e. The molecule has 7 heteroatoms. The number of aliphatic hydroxyl groups is 2. The number of aliphatic hydroxyl groups excluding tert-OH is 2. The van der Waals surface area contributed by atoms with Crippen LogP contribution in [0.1, 0.15) is 24.7 Å². The highest BCUT2D eigenvalue weighted by Gasteiger charge is 2.52. The van der Waals surface area contributed by atoms with Crippen LogP contribution in [0.3, 0.4) is 0 Å². The summed E-state index contributed by atoms with van der Waals surface area (Å²) >= 11 is 0. The second-order valence-corrected chi connectivity index (χ2v) is 7.38. The first-order valence-corrected chi connectivity index (χ1v) is 9.07. The average molecular weight is 366 g/mol. The topological polar surface area (TPSA) is 86.6 Å². The summed E-state index contributed by atoms with van der Waals surface area (Å²) in [5, 5.41) is 20.2. The quantitative estimate of drug-likeness (QED) is 0.776. The molecule has 0 bridgehead atoms. The van der Waals surface area contributed by atoms with E-state index in [1.807, 2.05) is 30.3 Å². The summed E-state index contributed by atoms with van der Waals surface area (Å²) in [4.78, 5) is 0. The van der Waals surface area contributed by atoms with E-state index < -0.39 is 37.0 Å². The van der Waals surface area contributed by atoms with Gasteiger partial charge in [-0.05, 0) is 12.8 Å². The lowest BCUT2D eigenvalue weighted by Crippen LogP contribution is -2.63. The van der Waals surface area contributed by atoms with Crippen molar-refractivity contribution in [2.45, 2.75) is 49.8 Å². The Bertz CT molecular complexity index is 591. The molecular weight excluding hydrogens is 340 g/mol. The van der Waals surface area contributed by atoms with Crippen LogP contribution in [0.2, 0.25) is 0 Å². The van der Waals surface area contributed by atoms with Crippen molar-refractivity contribution in [3.63, 3.8) is 0 Å². The molecule has 3 fully saturated rings. The molecule has 0 spiro atoms. The zero-order chi connectivity index (χ0) is 18.1. The van der Waals surface area contributed by atoms with Gasteiger partial charge in [0.25, 0.3) is 0 Å². The minimum absolute atomic E-state index is 0.0880. The number of rotatable bonds is 6. The first-order valence-electron chi connectivity index (χ1n) is 9.07. The molecule has 0 radical (unpaired) electrons. The fourth-order valence-electron chi connectivity index (χ4n) is 3.53. The van der Waals surface area contributed by atoms with Gasteiger partial charge in [0.1, 0.15) is 24.4 Å². The summed E-state index contributed by atoms with van der Waals surface area (Å²) in [7, 11) is 1.48. The molecule has 2 saturated heterocycles. The van der Waals surface area contributed by atoms with Crippen LogP contribution in [-0.4, -0.2) is 67.8 Å². The van der Waals surface area contributed by atoms with E-state index in [9.17, 15) is 10.2 Å². The number of hydrogen-bond donors (Lipinski definition) is 2. The summed E-state index contributed by atoms with van der Waals surface area (Å²) < 4.78 is 29.0. The SMILES string of the molecule is CO[C@H]1O[C@@H]2CO[C@@H](c3ccccc3)O[C@H]2[C@@H](OCC2(CO)CC2)[C@@H]1O. The van der Waals surface area contributed by atoms with Crippen LogP contribution in [0.15, 0.2) is 30.3 Å². The van der Waals surface area contributed by atoms with Crippen LogP contribution < -0.4 is 0 Å². The Labute approximate surface area is 152 Å². The van der Waals surface area contributed by atoms with E-state index >= 15 is 0 Å². The minimum Gasteiger partial charge on any atom is -0.396 e. The number of benzene rings is 1. The standard InChI is InChI=1S/C19H26O7/c1-22-18-14(21)16(24-11-19(10-20)7-8-19)15-13(25-18)9-23-17(26-15)12-5-3-2-4-6-12/h2-6,13-18,20-21H,7-11H2,1H3/t13-,14+,15-,16+,17-,18+/m1/s1. The fraction of sp³-hybridized carbons (Fsp3) is 0.684. The maximum absolute atomic E-state index is 10.7. The van der Waals surface area contributed by atoms with Gasteiger partial charge in [0.2, 0.25) is 0 Å². The zero-order valence-electron chi connectivity index (χ0n) is 14.8. The number of hydrogen-bond acceptors (Lipinski definition) is 7. The number of fused-ring (bicyclic) bond motifs is 1. The molecule has 0 unspecified atom stereocenters. The van der Waals surface area contributed by atoms with E-state index in [1.54, 1.807) is 0 Å². The molecule has 144 valence electrons. The molecule has 4 rings (SSSR count). The molecule has 2 aliphatic heterocycles. The summed E-state index contributed by atoms with van der Waals surface area (Å²) in [6.45, 7) is 0.789. The van der Waals surface area contributed by atoms with Crippen molar-refractivity contribution in [3.05, 3.63) is 35.9 Å². The predicted molar refractivity (Wildman–Crippen MR) is 90.2 cm³/mol. The van der Waals surface area contributed by atoms with Crippen LogP contribution in [0.25, 0.3) is 0 Å². The van der Waals surface area contributed by atoms with Gasteiger partial charge in [0.05, 0.1) is 19.8 Å². The second-order valence-electron chi connectivity index (χ2n) is 7.38. The molecular formula is C19H26O7. The lowest BCUT2D eigenvalue weighted by molar-refractivity contribution is -0.363. The molecule has 1 aromatic rings. The number of methoxy groups -OCH3 is 1. The van der Waals surface area contributed by atoms with Crippen molar-refractivity contribution in [1.29, 1.82) is 0 Å². The molecule has 1 aromatic carbocycles. The molecule has 2 heterocycles. The van der Waals surface area contributed by atoms with Gasteiger partial charge >= 0.3 is 0 Å². The van der Waals surface area contributed by atoms with E-state index in [0.29, 0.717) is 13.2 Å². The van der Waals surface area contributed by atoms with Crippen LogP contribution in [0.5, 0.6) is 0 Å². The Morgan fingerprint density at radius 2 is 1.96 bits per heavy atom. The van der Waals surface area contributed by atoms with Crippen molar-refractivity contribution in [2.24, 2.45) is 5.41 Å². The molecule has 0 amide bonds. The fourth-order valence-corrected chi connectivity index (χ4v) is 3.53. The summed E-state index contributed by atoms with van der Waals surface area (Å²) in [5.41, 5.74) is 0.724. The Balaban J connectivity index is 1.50. The van der Waals surface area contributed by atoms with Crippen LogP contribution in [0.4, 0.5) is 0 Å². The normalized spacial score (nSPS) is 38.6. The highest BCUT2D eigenvalue weighted by molar-refractivity contribution is 5.16. The second kappa shape index (κ2) is 7.52. The molecule has 0 aromatic heterocycles. The molecule has 26 heavy (non-hydrogen) atoms. The molecule has 3 aliphatic rings. The van der Waals surface area contributed by atoms with Crippen molar-refractivity contribution >= 4 is 0 Å². The van der Waals surface area contributed by atoms with E-state index in [2.05, 4.69) is 0 Å². The monoisotopic (exact) mass is 366 g/mol. The third kappa shape index (κ3) is 3.53. The van der Waals surface area contributed by atoms with Crippen LogP contribution in [-0.2, 0) is 23.7 Å². The first kappa shape index (κ1) is 18.3. The molecule has 6 atom stereocenters. The van der Waals surface area contributed by atoms with Gasteiger partial charge < -0.3 is 33.9 Å². The third-order valence-electron chi connectivity index (χ3n) is 5.49. The number of ether oxygens (including phenoxy) is 5. The van der Waals surface area contributed by atoms with Gasteiger partial charge in [-0.15, -0.1) is 0 Å². The Kier molecular flexibility index (Phi) is 5.29.